The van der Waals surface area contributed by atoms with Gasteiger partial charge in [-0.05, 0) is 13.0 Å². The standard InChI is InChI=1S/C11H17N3O4/c1-4-8(12)17-6-11(3,14-10(13)16)7-18-9(15)5-2/h4-5,12H,1-2,6-7H2,3H3,(H3,13,14,16). The van der Waals surface area contributed by atoms with Crippen LogP contribution in [0, 0.1) is 5.41 Å². The maximum Gasteiger partial charge on any atom is 0.330 e. The Hall–Kier alpha value is -2.31. The van der Waals surface area contributed by atoms with Gasteiger partial charge in [-0.3, -0.25) is 5.41 Å². The van der Waals surface area contributed by atoms with Crippen LogP contribution in [0.3, 0.4) is 0 Å². The van der Waals surface area contributed by atoms with Gasteiger partial charge in [-0.2, -0.15) is 0 Å². The summed E-state index contributed by atoms with van der Waals surface area (Å²) < 4.78 is 9.82. The molecule has 0 aromatic heterocycles. The van der Waals surface area contributed by atoms with Crippen LogP contribution >= 0.6 is 0 Å². The molecule has 0 aliphatic carbocycles. The summed E-state index contributed by atoms with van der Waals surface area (Å²) in [4.78, 5) is 21.8. The van der Waals surface area contributed by atoms with Crippen LogP contribution in [0.4, 0.5) is 4.79 Å². The van der Waals surface area contributed by atoms with Crippen molar-refractivity contribution in [2.24, 2.45) is 5.73 Å². The summed E-state index contributed by atoms with van der Waals surface area (Å²) in [5.41, 5.74) is 3.97. The van der Waals surface area contributed by atoms with E-state index in [9.17, 15) is 9.59 Å². The third-order valence-electron chi connectivity index (χ3n) is 1.86. The summed E-state index contributed by atoms with van der Waals surface area (Å²) in [6, 6.07) is -0.791. The summed E-state index contributed by atoms with van der Waals surface area (Å²) in [6.07, 6.45) is 2.19. The van der Waals surface area contributed by atoms with Crippen LogP contribution in [0.15, 0.2) is 25.3 Å². The molecule has 0 spiro atoms. The van der Waals surface area contributed by atoms with Crippen LogP contribution in [0.5, 0.6) is 0 Å². The minimum absolute atomic E-state index is 0.0920. The number of urea groups is 1. The topological polar surface area (TPSA) is 114 Å². The molecule has 0 aromatic rings. The van der Waals surface area contributed by atoms with E-state index in [-0.39, 0.29) is 19.1 Å². The second-order valence-electron chi connectivity index (χ2n) is 3.72. The average Bonchev–Trinajstić information content (AvgIpc) is 2.32. The summed E-state index contributed by atoms with van der Waals surface area (Å²) >= 11 is 0. The summed E-state index contributed by atoms with van der Waals surface area (Å²) in [5, 5.41) is 9.63. The van der Waals surface area contributed by atoms with Gasteiger partial charge in [0.2, 0.25) is 5.90 Å². The SMILES string of the molecule is C=CC(=N)OCC(C)(COC(=O)C=C)NC(N)=O. The van der Waals surface area contributed by atoms with Crippen molar-refractivity contribution in [3.8, 4) is 0 Å². The van der Waals surface area contributed by atoms with Crippen molar-refractivity contribution in [2.75, 3.05) is 13.2 Å². The van der Waals surface area contributed by atoms with Crippen molar-refractivity contribution in [2.45, 2.75) is 12.5 Å². The molecule has 0 heterocycles. The third-order valence-corrected chi connectivity index (χ3v) is 1.86. The zero-order chi connectivity index (χ0) is 14.2. The first-order valence-electron chi connectivity index (χ1n) is 5.03. The molecular weight excluding hydrogens is 238 g/mol. The van der Waals surface area contributed by atoms with Crippen LogP contribution in [-0.4, -0.2) is 36.7 Å². The van der Waals surface area contributed by atoms with Crippen LogP contribution in [0.1, 0.15) is 6.92 Å². The van der Waals surface area contributed by atoms with E-state index in [1.807, 2.05) is 0 Å². The Labute approximate surface area is 105 Å². The number of carbonyl (C=O) groups is 2. The number of nitrogens with two attached hydrogens (primary N) is 1. The lowest BCUT2D eigenvalue weighted by molar-refractivity contribution is -0.140. The van der Waals surface area contributed by atoms with Crippen LogP contribution < -0.4 is 11.1 Å². The minimum Gasteiger partial charge on any atom is -0.475 e. The number of nitrogens with one attached hydrogen (secondary N) is 2. The fraction of sp³-hybridized carbons (Fsp3) is 0.364. The van der Waals surface area contributed by atoms with Crippen LogP contribution in [0.25, 0.3) is 0 Å². The first kappa shape index (κ1) is 15.7. The quantitative estimate of drug-likeness (QED) is 0.263. The van der Waals surface area contributed by atoms with E-state index in [0.717, 1.165) is 6.08 Å². The third kappa shape index (κ3) is 6.31. The fourth-order valence-electron chi connectivity index (χ4n) is 0.997. The largest absolute Gasteiger partial charge is 0.475 e. The Morgan fingerprint density at radius 2 is 1.89 bits per heavy atom. The highest BCUT2D eigenvalue weighted by molar-refractivity contribution is 5.84. The van der Waals surface area contributed by atoms with Gasteiger partial charge in [0, 0.05) is 6.08 Å². The number of rotatable bonds is 7. The first-order chi connectivity index (χ1) is 8.33. The second kappa shape index (κ2) is 7.10. The van der Waals surface area contributed by atoms with E-state index in [1.54, 1.807) is 6.92 Å². The fourth-order valence-corrected chi connectivity index (χ4v) is 0.997. The van der Waals surface area contributed by atoms with Gasteiger partial charge in [0.15, 0.2) is 0 Å². The predicted octanol–water partition coefficient (Wildman–Crippen LogP) is 0.322. The molecule has 0 saturated heterocycles. The number of carbonyl (C=O) groups excluding carboxylic acids is 2. The number of ether oxygens (including phenoxy) is 2. The maximum atomic E-state index is 11.0. The van der Waals surface area contributed by atoms with E-state index in [4.69, 9.17) is 20.6 Å². The van der Waals surface area contributed by atoms with E-state index in [2.05, 4.69) is 18.5 Å². The molecule has 0 radical (unpaired) electrons. The monoisotopic (exact) mass is 255 g/mol. The minimum atomic E-state index is -1.04. The normalized spacial score (nSPS) is 12.7. The van der Waals surface area contributed by atoms with E-state index in [0.29, 0.717) is 0 Å². The van der Waals surface area contributed by atoms with Crippen molar-refractivity contribution in [1.82, 2.24) is 5.32 Å². The lowest BCUT2D eigenvalue weighted by atomic mass is 10.1. The lowest BCUT2D eigenvalue weighted by Gasteiger charge is -2.28. The predicted molar refractivity (Wildman–Crippen MR) is 66.2 cm³/mol. The molecule has 0 aliphatic heterocycles. The van der Waals surface area contributed by atoms with Crippen molar-refractivity contribution in [3.05, 3.63) is 25.3 Å². The van der Waals surface area contributed by atoms with Gasteiger partial charge in [0.05, 0.1) is 0 Å². The molecule has 18 heavy (non-hydrogen) atoms. The van der Waals surface area contributed by atoms with Crippen molar-refractivity contribution in [3.63, 3.8) is 0 Å². The molecule has 1 unspecified atom stereocenters. The molecule has 1 atom stereocenters. The molecular formula is C11H17N3O4. The summed E-state index contributed by atoms with van der Waals surface area (Å²) in [6.45, 7) is 7.90. The van der Waals surface area contributed by atoms with Crippen molar-refractivity contribution in [1.29, 1.82) is 5.41 Å². The first-order valence-corrected chi connectivity index (χ1v) is 5.03. The van der Waals surface area contributed by atoms with Gasteiger partial charge in [-0.1, -0.05) is 13.2 Å². The van der Waals surface area contributed by atoms with Gasteiger partial charge in [-0.25, -0.2) is 9.59 Å². The molecule has 0 aromatic carbocycles. The molecule has 0 saturated carbocycles. The number of hydrogen-bond donors (Lipinski definition) is 3. The molecule has 0 bridgehead atoms. The maximum absolute atomic E-state index is 11.0. The molecule has 2 amide bonds. The number of primary amides is 1. The van der Waals surface area contributed by atoms with Crippen LogP contribution in [-0.2, 0) is 14.3 Å². The Kier molecular flexibility index (Phi) is 6.19. The zero-order valence-corrected chi connectivity index (χ0v) is 10.2. The van der Waals surface area contributed by atoms with Gasteiger partial charge in [-0.15, -0.1) is 0 Å². The van der Waals surface area contributed by atoms with Gasteiger partial charge < -0.3 is 20.5 Å². The van der Waals surface area contributed by atoms with Gasteiger partial charge >= 0.3 is 12.0 Å². The Balaban J connectivity index is 4.55. The average molecular weight is 255 g/mol. The van der Waals surface area contributed by atoms with Crippen LogP contribution in [0.2, 0.25) is 0 Å². The smallest absolute Gasteiger partial charge is 0.330 e. The Morgan fingerprint density at radius 1 is 1.33 bits per heavy atom. The molecule has 0 fully saturated rings. The van der Waals surface area contributed by atoms with Gasteiger partial charge in [0.25, 0.3) is 0 Å². The number of amides is 2. The molecule has 7 nitrogen and oxygen atoms in total. The zero-order valence-electron chi connectivity index (χ0n) is 10.2. The number of esters is 1. The highest BCUT2D eigenvalue weighted by Crippen LogP contribution is 2.06. The van der Waals surface area contributed by atoms with Gasteiger partial charge in [0.1, 0.15) is 18.8 Å². The molecule has 0 rings (SSSR count). The highest BCUT2D eigenvalue weighted by Gasteiger charge is 2.28. The number of hydrogen-bond acceptors (Lipinski definition) is 5. The lowest BCUT2D eigenvalue weighted by Crippen LogP contribution is -2.55. The molecule has 100 valence electrons. The Morgan fingerprint density at radius 3 is 2.33 bits per heavy atom. The summed E-state index contributed by atoms with van der Waals surface area (Å²) in [7, 11) is 0. The highest BCUT2D eigenvalue weighted by atomic mass is 16.5. The molecule has 0 aliphatic rings. The van der Waals surface area contributed by atoms with E-state index < -0.39 is 17.5 Å². The Bertz CT molecular complexity index is 341. The van der Waals surface area contributed by atoms with Crippen molar-refractivity contribution >= 4 is 17.9 Å². The molecule has 4 N–H and O–H groups in total. The summed E-state index contributed by atoms with van der Waals surface area (Å²) in [5.74, 6) is -0.797. The van der Waals surface area contributed by atoms with E-state index in [1.165, 1.54) is 6.08 Å². The van der Waals surface area contributed by atoms with Crippen molar-refractivity contribution < 1.29 is 19.1 Å². The molecule has 7 heteroatoms. The second-order valence-corrected chi connectivity index (χ2v) is 3.72. The van der Waals surface area contributed by atoms with E-state index >= 15 is 0 Å².